The van der Waals surface area contributed by atoms with E-state index in [2.05, 4.69) is 5.32 Å². The summed E-state index contributed by atoms with van der Waals surface area (Å²) >= 11 is 7.37. The highest BCUT2D eigenvalue weighted by molar-refractivity contribution is 7.99. The Balaban J connectivity index is 1.85. The third-order valence-electron chi connectivity index (χ3n) is 5.76. The molecule has 196 valence electrons. The molecular formula is C29H31ClF2N2O2S. The van der Waals surface area contributed by atoms with E-state index in [9.17, 15) is 18.4 Å². The van der Waals surface area contributed by atoms with E-state index in [0.717, 1.165) is 5.56 Å². The predicted octanol–water partition coefficient (Wildman–Crippen LogP) is 6.26. The van der Waals surface area contributed by atoms with Crippen LogP contribution in [0.1, 0.15) is 30.5 Å². The molecule has 8 heteroatoms. The number of hydrogen-bond acceptors (Lipinski definition) is 3. The van der Waals surface area contributed by atoms with Crippen LogP contribution in [0.3, 0.4) is 0 Å². The van der Waals surface area contributed by atoms with Gasteiger partial charge in [-0.25, -0.2) is 8.78 Å². The second-order valence-corrected chi connectivity index (χ2v) is 10.6. The smallest absolute Gasteiger partial charge is 0.243 e. The molecule has 0 spiro atoms. The summed E-state index contributed by atoms with van der Waals surface area (Å²) in [5.74, 6) is -0.861. The van der Waals surface area contributed by atoms with Gasteiger partial charge in [0.1, 0.15) is 17.7 Å². The Labute approximate surface area is 226 Å². The van der Waals surface area contributed by atoms with Crippen molar-refractivity contribution >= 4 is 35.2 Å². The summed E-state index contributed by atoms with van der Waals surface area (Å²) in [6.45, 7) is 4.60. The van der Waals surface area contributed by atoms with E-state index in [1.54, 1.807) is 18.2 Å². The van der Waals surface area contributed by atoms with Crippen LogP contribution in [-0.4, -0.2) is 35.1 Å². The Morgan fingerprint density at radius 1 is 0.946 bits per heavy atom. The monoisotopic (exact) mass is 544 g/mol. The number of nitrogens with one attached hydrogen (secondary N) is 1. The first-order valence-electron chi connectivity index (χ1n) is 12.1. The molecule has 2 amide bonds. The maximum atomic E-state index is 14.2. The van der Waals surface area contributed by atoms with E-state index >= 15 is 0 Å². The topological polar surface area (TPSA) is 49.4 Å². The molecule has 0 aliphatic rings. The minimum Gasteiger partial charge on any atom is -0.354 e. The van der Waals surface area contributed by atoms with Crippen LogP contribution in [0.5, 0.6) is 0 Å². The SMILES string of the molecule is CC(C)CNC(=O)C(Cc1ccccc1)N(Cc1ccc(F)cc1)C(=O)CSCc1c(F)cccc1Cl. The van der Waals surface area contributed by atoms with Crippen LogP contribution in [0.2, 0.25) is 5.02 Å². The average molecular weight is 545 g/mol. The molecule has 3 rings (SSSR count). The molecule has 1 atom stereocenters. The molecule has 0 fully saturated rings. The lowest BCUT2D eigenvalue weighted by molar-refractivity contribution is -0.139. The lowest BCUT2D eigenvalue weighted by Crippen LogP contribution is -2.51. The van der Waals surface area contributed by atoms with Crippen LogP contribution in [0.4, 0.5) is 8.78 Å². The van der Waals surface area contributed by atoms with Crippen molar-refractivity contribution in [3.05, 3.63) is 106 Å². The average Bonchev–Trinajstić information content (AvgIpc) is 2.88. The van der Waals surface area contributed by atoms with Gasteiger partial charge in [-0.05, 0) is 41.3 Å². The molecule has 0 aliphatic carbocycles. The Morgan fingerprint density at radius 3 is 2.30 bits per heavy atom. The Hall–Kier alpha value is -2.90. The van der Waals surface area contributed by atoms with Crippen molar-refractivity contribution in [2.24, 2.45) is 5.92 Å². The number of benzene rings is 3. The number of thioether (sulfide) groups is 1. The number of hydrogen-bond donors (Lipinski definition) is 1. The quantitative estimate of drug-likeness (QED) is 0.292. The number of rotatable bonds is 12. The zero-order chi connectivity index (χ0) is 26.8. The molecule has 0 radical (unpaired) electrons. The molecule has 0 aromatic heterocycles. The van der Waals surface area contributed by atoms with E-state index in [4.69, 9.17) is 11.6 Å². The third-order valence-corrected chi connectivity index (χ3v) is 7.05. The van der Waals surface area contributed by atoms with Gasteiger partial charge in [0.25, 0.3) is 0 Å². The van der Waals surface area contributed by atoms with Gasteiger partial charge in [-0.2, -0.15) is 0 Å². The van der Waals surface area contributed by atoms with Crippen molar-refractivity contribution < 1.29 is 18.4 Å². The summed E-state index contributed by atoms with van der Waals surface area (Å²) in [7, 11) is 0. The highest BCUT2D eigenvalue weighted by Gasteiger charge is 2.30. The molecule has 0 bridgehead atoms. The maximum Gasteiger partial charge on any atom is 0.243 e. The minimum absolute atomic E-state index is 0.0224. The molecule has 0 aliphatic heterocycles. The first kappa shape index (κ1) is 28.7. The molecule has 0 saturated heterocycles. The van der Waals surface area contributed by atoms with Crippen molar-refractivity contribution in [3.63, 3.8) is 0 Å². The van der Waals surface area contributed by atoms with E-state index in [0.29, 0.717) is 29.1 Å². The van der Waals surface area contributed by atoms with Gasteiger partial charge < -0.3 is 10.2 Å². The van der Waals surface area contributed by atoms with Gasteiger partial charge in [0.15, 0.2) is 0 Å². The van der Waals surface area contributed by atoms with Gasteiger partial charge in [0, 0.05) is 35.8 Å². The van der Waals surface area contributed by atoms with Gasteiger partial charge in [-0.15, -0.1) is 11.8 Å². The zero-order valence-electron chi connectivity index (χ0n) is 20.9. The largest absolute Gasteiger partial charge is 0.354 e. The van der Waals surface area contributed by atoms with Crippen LogP contribution >= 0.6 is 23.4 Å². The van der Waals surface area contributed by atoms with Gasteiger partial charge in [-0.1, -0.05) is 74.0 Å². The Kier molecular flexibility index (Phi) is 11.0. The fourth-order valence-electron chi connectivity index (χ4n) is 3.76. The van der Waals surface area contributed by atoms with Crippen molar-refractivity contribution in [2.45, 2.75) is 38.6 Å². The first-order valence-corrected chi connectivity index (χ1v) is 13.6. The summed E-state index contributed by atoms with van der Waals surface area (Å²) in [4.78, 5) is 28.5. The zero-order valence-corrected chi connectivity index (χ0v) is 22.5. The van der Waals surface area contributed by atoms with Crippen molar-refractivity contribution in [3.8, 4) is 0 Å². The third kappa shape index (κ3) is 8.86. The number of carbonyl (C=O) groups excluding carboxylic acids is 2. The molecule has 0 saturated carbocycles. The van der Waals surface area contributed by atoms with Crippen LogP contribution in [0.25, 0.3) is 0 Å². The van der Waals surface area contributed by atoms with E-state index < -0.39 is 11.9 Å². The molecular weight excluding hydrogens is 514 g/mol. The second-order valence-electron chi connectivity index (χ2n) is 9.19. The fraction of sp³-hybridized carbons (Fsp3) is 0.310. The molecule has 3 aromatic carbocycles. The van der Waals surface area contributed by atoms with Gasteiger partial charge in [-0.3, -0.25) is 9.59 Å². The molecule has 1 unspecified atom stereocenters. The lowest BCUT2D eigenvalue weighted by atomic mass is 10.0. The summed E-state index contributed by atoms with van der Waals surface area (Å²) in [6.07, 6.45) is 0.321. The van der Waals surface area contributed by atoms with Crippen molar-refractivity contribution in [1.82, 2.24) is 10.2 Å². The second kappa shape index (κ2) is 14.1. The van der Waals surface area contributed by atoms with E-state index in [-0.39, 0.29) is 41.6 Å². The van der Waals surface area contributed by atoms with Gasteiger partial charge in [0.2, 0.25) is 11.8 Å². The summed E-state index contributed by atoms with van der Waals surface area (Å²) in [5, 5.41) is 3.27. The van der Waals surface area contributed by atoms with Crippen LogP contribution in [-0.2, 0) is 28.3 Å². The molecule has 1 N–H and O–H groups in total. The van der Waals surface area contributed by atoms with Crippen LogP contribution < -0.4 is 5.32 Å². The highest BCUT2D eigenvalue weighted by atomic mass is 35.5. The Morgan fingerprint density at radius 2 is 1.65 bits per heavy atom. The summed E-state index contributed by atoms with van der Waals surface area (Å²) in [6, 6.07) is 19.1. The predicted molar refractivity (Wildman–Crippen MR) is 146 cm³/mol. The maximum absolute atomic E-state index is 14.2. The lowest BCUT2D eigenvalue weighted by Gasteiger charge is -2.32. The van der Waals surface area contributed by atoms with E-state index in [1.165, 1.54) is 40.9 Å². The molecule has 3 aromatic rings. The number of nitrogens with zero attached hydrogens (tertiary/aromatic N) is 1. The number of amides is 2. The van der Waals surface area contributed by atoms with Crippen molar-refractivity contribution in [1.29, 1.82) is 0 Å². The van der Waals surface area contributed by atoms with Gasteiger partial charge >= 0.3 is 0 Å². The number of halogens is 3. The molecule has 4 nitrogen and oxygen atoms in total. The van der Waals surface area contributed by atoms with Crippen molar-refractivity contribution in [2.75, 3.05) is 12.3 Å². The summed E-state index contributed by atoms with van der Waals surface area (Å²) < 4.78 is 27.7. The van der Waals surface area contributed by atoms with E-state index in [1.807, 2.05) is 44.2 Å². The van der Waals surface area contributed by atoms with Crippen LogP contribution in [0, 0.1) is 17.6 Å². The first-order chi connectivity index (χ1) is 17.7. The molecule has 37 heavy (non-hydrogen) atoms. The normalized spacial score (nSPS) is 11.8. The van der Waals surface area contributed by atoms with Crippen LogP contribution in [0.15, 0.2) is 72.8 Å². The standard InChI is InChI=1S/C29H31ClF2N2O2S/c1-20(2)16-33-29(36)27(15-21-7-4-3-5-8-21)34(17-22-11-13-23(31)14-12-22)28(35)19-37-18-24-25(30)9-6-10-26(24)32/h3-14,20,27H,15-19H2,1-2H3,(H,33,36). The highest BCUT2D eigenvalue weighted by Crippen LogP contribution is 2.25. The number of carbonyl (C=O) groups is 2. The minimum atomic E-state index is -0.781. The molecule has 0 heterocycles. The van der Waals surface area contributed by atoms with Gasteiger partial charge in [0.05, 0.1) is 5.75 Å². The summed E-state index contributed by atoms with van der Waals surface area (Å²) in [5.41, 5.74) is 1.95. The fourth-order valence-corrected chi connectivity index (χ4v) is 5.01. The Bertz CT molecular complexity index is 1160.